The first-order valence-corrected chi connectivity index (χ1v) is 5.30. The van der Waals surface area contributed by atoms with Crippen molar-refractivity contribution in [2.75, 3.05) is 33.2 Å². The standard InChI is InChI=1S/C8H18N2.C2H6.CH4/c1-9-5-8-10-6-3-2-4-7-10;1-2;/h9H,2-8H2,1H3;1-2H3;1H4. The van der Waals surface area contributed by atoms with E-state index in [1.807, 2.05) is 20.9 Å². The van der Waals surface area contributed by atoms with E-state index in [1.54, 1.807) is 0 Å². The van der Waals surface area contributed by atoms with Gasteiger partial charge in [-0.05, 0) is 33.0 Å². The van der Waals surface area contributed by atoms with Crippen LogP contribution in [0.25, 0.3) is 0 Å². The van der Waals surface area contributed by atoms with Gasteiger partial charge in [0.1, 0.15) is 0 Å². The highest BCUT2D eigenvalue weighted by molar-refractivity contribution is 4.64. The number of hydrogen-bond acceptors (Lipinski definition) is 2. The summed E-state index contributed by atoms with van der Waals surface area (Å²) in [5.41, 5.74) is 0. The largest absolute Gasteiger partial charge is 0.318 e. The Morgan fingerprint density at radius 3 is 2.08 bits per heavy atom. The van der Waals surface area contributed by atoms with Crippen molar-refractivity contribution in [1.29, 1.82) is 0 Å². The monoisotopic (exact) mass is 188 g/mol. The minimum Gasteiger partial charge on any atom is -0.318 e. The molecule has 1 aliphatic rings. The lowest BCUT2D eigenvalue weighted by atomic mass is 10.1. The number of nitrogens with zero attached hydrogens (tertiary/aromatic N) is 1. The number of likely N-dealkylation sites (tertiary alicyclic amines) is 1. The van der Waals surface area contributed by atoms with Gasteiger partial charge in [-0.1, -0.05) is 27.7 Å². The molecule has 1 N–H and O–H groups in total. The van der Waals surface area contributed by atoms with E-state index in [0.29, 0.717) is 0 Å². The molecule has 0 aromatic rings. The van der Waals surface area contributed by atoms with Gasteiger partial charge in [-0.3, -0.25) is 0 Å². The molecule has 0 aromatic carbocycles. The van der Waals surface area contributed by atoms with Crippen molar-refractivity contribution in [3.63, 3.8) is 0 Å². The molecule has 0 unspecified atom stereocenters. The van der Waals surface area contributed by atoms with Crippen LogP contribution < -0.4 is 5.32 Å². The quantitative estimate of drug-likeness (QED) is 0.731. The van der Waals surface area contributed by atoms with Gasteiger partial charge in [-0.15, -0.1) is 0 Å². The van der Waals surface area contributed by atoms with Gasteiger partial charge in [0.2, 0.25) is 0 Å². The molecule has 0 aromatic heterocycles. The molecule has 1 rings (SSSR count). The summed E-state index contributed by atoms with van der Waals surface area (Å²) in [6.07, 6.45) is 4.25. The fraction of sp³-hybridized carbons (Fsp3) is 1.00. The highest BCUT2D eigenvalue weighted by atomic mass is 15.1. The molecule has 0 amide bonds. The summed E-state index contributed by atoms with van der Waals surface area (Å²) in [7, 11) is 2.02. The first kappa shape index (κ1) is 15.4. The Labute approximate surface area is 84.7 Å². The number of hydrogen-bond donors (Lipinski definition) is 1. The summed E-state index contributed by atoms with van der Waals surface area (Å²) < 4.78 is 0. The number of piperidine rings is 1. The minimum absolute atomic E-state index is 0. The van der Waals surface area contributed by atoms with Gasteiger partial charge in [0.25, 0.3) is 0 Å². The number of nitrogens with one attached hydrogen (secondary N) is 1. The Morgan fingerprint density at radius 1 is 1.08 bits per heavy atom. The second-order valence-electron chi connectivity index (χ2n) is 3.01. The topological polar surface area (TPSA) is 15.3 Å². The zero-order chi connectivity index (χ0) is 9.23. The molecule has 2 heteroatoms. The minimum atomic E-state index is 0. The second-order valence-corrected chi connectivity index (χ2v) is 3.01. The number of rotatable bonds is 3. The molecule has 0 bridgehead atoms. The van der Waals surface area contributed by atoms with Crippen LogP contribution in [0.4, 0.5) is 0 Å². The lowest BCUT2D eigenvalue weighted by Crippen LogP contribution is -2.34. The van der Waals surface area contributed by atoms with Crippen LogP contribution in [0.1, 0.15) is 40.5 Å². The average molecular weight is 188 g/mol. The third-order valence-corrected chi connectivity index (χ3v) is 2.13. The highest BCUT2D eigenvalue weighted by Gasteiger charge is 2.07. The van der Waals surface area contributed by atoms with Gasteiger partial charge in [0.15, 0.2) is 0 Å². The van der Waals surface area contributed by atoms with Crippen molar-refractivity contribution in [2.24, 2.45) is 0 Å². The van der Waals surface area contributed by atoms with Crippen LogP contribution in [0.15, 0.2) is 0 Å². The fourth-order valence-corrected chi connectivity index (χ4v) is 1.45. The Kier molecular flexibility index (Phi) is 14.1. The van der Waals surface area contributed by atoms with Crippen molar-refractivity contribution >= 4 is 0 Å². The SMILES string of the molecule is C.CC.CNCCN1CCCCC1. The van der Waals surface area contributed by atoms with E-state index in [4.69, 9.17) is 0 Å². The molecule has 0 radical (unpaired) electrons. The molecule has 1 saturated heterocycles. The van der Waals surface area contributed by atoms with Crippen LogP contribution in [-0.4, -0.2) is 38.1 Å². The Hall–Kier alpha value is -0.0800. The summed E-state index contributed by atoms with van der Waals surface area (Å²) in [5.74, 6) is 0. The molecule has 0 saturated carbocycles. The van der Waals surface area contributed by atoms with Crippen LogP contribution in [-0.2, 0) is 0 Å². The van der Waals surface area contributed by atoms with E-state index >= 15 is 0 Å². The molecule has 0 spiro atoms. The molecule has 1 heterocycles. The maximum absolute atomic E-state index is 3.17. The van der Waals surface area contributed by atoms with Crippen molar-refractivity contribution < 1.29 is 0 Å². The Balaban J connectivity index is 0. The summed E-state index contributed by atoms with van der Waals surface area (Å²) >= 11 is 0. The molecule has 2 nitrogen and oxygen atoms in total. The lowest BCUT2D eigenvalue weighted by Gasteiger charge is -2.25. The molecular formula is C11H28N2. The van der Waals surface area contributed by atoms with E-state index in [9.17, 15) is 0 Å². The molecule has 1 aliphatic heterocycles. The average Bonchev–Trinajstić information content (AvgIpc) is 2.19. The Morgan fingerprint density at radius 2 is 1.62 bits per heavy atom. The van der Waals surface area contributed by atoms with E-state index in [0.717, 1.165) is 6.54 Å². The maximum atomic E-state index is 3.17. The normalized spacial score (nSPS) is 16.8. The van der Waals surface area contributed by atoms with Crippen LogP contribution in [0.2, 0.25) is 0 Å². The van der Waals surface area contributed by atoms with Crippen LogP contribution in [0.3, 0.4) is 0 Å². The van der Waals surface area contributed by atoms with Crippen molar-refractivity contribution in [3.8, 4) is 0 Å². The fourth-order valence-electron chi connectivity index (χ4n) is 1.45. The summed E-state index contributed by atoms with van der Waals surface area (Å²) in [6.45, 7) is 9.01. The zero-order valence-electron chi connectivity index (χ0n) is 8.90. The van der Waals surface area contributed by atoms with Crippen LogP contribution in [0, 0.1) is 0 Å². The predicted molar refractivity (Wildman–Crippen MR) is 62.3 cm³/mol. The van der Waals surface area contributed by atoms with Crippen molar-refractivity contribution in [2.45, 2.75) is 40.5 Å². The summed E-state index contributed by atoms with van der Waals surface area (Å²) in [6, 6.07) is 0. The molecular weight excluding hydrogens is 160 g/mol. The summed E-state index contributed by atoms with van der Waals surface area (Å²) in [5, 5.41) is 3.17. The van der Waals surface area contributed by atoms with Gasteiger partial charge < -0.3 is 10.2 Å². The van der Waals surface area contributed by atoms with Gasteiger partial charge in [0.05, 0.1) is 0 Å². The van der Waals surface area contributed by atoms with Gasteiger partial charge in [0, 0.05) is 13.1 Å². The second kappa shape index (κ2) is 11.9. The first-order chi connectivity index (χ1) is 5.93. The van der Waals surface area contributed by atoms with Crippen LogP contribution in [0.5, 0.6) is 0 Å². The molecule has 13 heavy (non-hydrogen) atoms. The van der Waals surface area contributed by atoms with E-state index < -0.39 is 0 Å². The third-order valence-electron chi connectivity index (χ3n) is 2.13. The molecule has 0 atom stereocenters. The van der Waals surface area contributed by atoms with Gasteiger partial charge in [-0.25, -0.2) is 0 Å². The van der Waals surface area contributed by atoms with E-state index in [1.165, 1.54) is 38.9 Å². The van der Waals surface area contributed by atoms with Gasteiger partial charge >= 0.3 is 0 Å². The maximum Gasteiger partial charge on any atom is 0.0107 e. The van der Waals surface area contributed by atoms with E-state index in [2.05, 4.69) is 10.2 Å². The number of likely N-dealkylation sites (N-methyl/N-ethyl adjacent to an activating group) is 1. The van der Waals surface area contributed by atoms with E-state index in [-0.39, 0.29) is 7.43 Å². The predicted octanol–water partition coefficient (Wildman–Crippen LogP) is 2.35. The lowest BCUT2D eigenvalue weighted by molar-refractivity contribution is 0.231. The zero-order valence-corrected chi connectivity index (χ0v) is 8.90. The summed E-state index contributed by atoms with van der Waals surface area (Å²) in [4.78, 5) is 2.54. The highest BCUT2D eigenvalue weighted by Crippen LogP contribution is 2.06. The first-order valence-electron chi connectivity index (χ1n) is 5.30. The molecule has 82 valence electrons. The van der Waals surface area contributed by atoms with Crippen molar-refractivity contribution in [1.82, 2.24) is 10.2 Å². The molecule has 1 fully saturated rings. The van der Waals surface area contributed by atoms with Crippen molar-refractivity contribution in [3.05, 3.63) is 0 Å². The van der Waals surface area contributed by atoms with Gasteiger partial charge in [-0.2, -0.15) is 0 Å². The smallest absolute Gasteiger partial charge is 0.0107 e. The Bertz CT molecular complexity index is 78.2. The van der Waals surface area contributed by atoms with Crippen LogP contribution >= 0.6 is 0 Å². The molecule has 0 aliphatic carbocycles. The third kappa shape index (κ3) is 8.26.